The zero-order valence-corrected chi connectivity index (χ0v) is 18.0. The molecule has 0 bridgehead atoms. The number of cyclic esters (lactones) is 1. The van der Waals surface area contributed by atoms with Crippen LogP contribution in [0.1, 0.15) is 25.0 Å². The third-order valence-corrected chi connectivity index (χ3v) is 5.10. The van der Waals surface area contributed by atoms with Crippen molar-refractivity contribution in [3.05, 3.63) is 80.5 Å². The standard InChI is InChI=1S/C21H18Cl3NO4/c1-21(2)28-18(20(27)29-21)10-19(26)25(11-13-3-6-15(22)7-4-13)12-14-5-8-16(23)17(24)9-14/h3-10H,11-12H2,1-2H3/b18-10-. The number of carbonyl (C=O) groups is 2. The number of benzene rings is 2. The minimum atomic E-state index is -1.10. The zero-order valence-electron chi connectivity index (χ0n) is 15.7. The highest BCUT2D eigenvalue weighted by Gasteiger charge is 2.38. The van der Waals surface area contributed by atoms with E-state index >= 15 is 0 Å². The molecule has 1 amide bonds. The predicted octanol–water partition coefficient (Wildman–Crippen LogP) is 5.37. The SMILES string of the molecule is CC1(C)OC(=O)/C(=C/C(=O)N(Cc2ccc(Cl)cc2)Cc2ccc(Cl)c(Cl)c2)O1. The molecule has 0 unspecified atom stereocenters. The van der Waals surface area contributed by atoms with Gasteiger partial charge in [0.25, 0.3) is 5.91 Å². The Bertz CT molecular complexity index is 970. The number of nitrogens with zero attached hydrogens (tertiary/aromatic N) is 1. The molecule has 0 N–H and O–H groups in total. The number of amides is 1. The molecule has 2 aromatic carbocycles. The van der Waals surface area contributed by atoms with Crippen molar-refractivity contribution >= 4 is 46.7 Å². The van der Waals surface area contributed by atoms with Gasteiger partial charge in [0.1, 0.15) is 0 Å². The van der Waals surface area contributed by atoms with Crippen LogP contribution in [0.25, 0.3) is 0 Å². The smallest absolute Gasteiger partial charge is 0.377 e. The van der Waals surface area contributed by atoms with Crippen molar-refractivity contribution in [2.75, 3.05) is 0 Å². The van der Waals surface area contributed by atoms with E-state index in [0.717, 1.165) is 17.2 Å². The molecule has 0 saturated carbocycles. The van der Waals surface area contributed by atoms with E-state index in [9.17, 15) is 9.59 Å². The molecule has 0 spiro atoms. The number of hydrogen-bond donors (Lipinski definition) is 0. The summed E-state index contributed by atoms with van der Waals surface area (Å²) in [6, 6.07) is 12.3. The Labute approximate surface area is 183 Å². The van der Waals surface area contributed by atoms with Crippen LogP contribution in [0, 0.1) is 0 Å². The molecule has 0 aliphatic carbocycles. The van der Waals surface area contributed by atoms with Crippen molar-refractivity contribution in [1.82, 2.24) is 4.90 Å². The Morgan fingerprint density at radius 2 is 1.59 bits per heavy atom. The number of hydrogen-bond acceptors (Lipinski definition) is 4. The van der Waals surface area contributed by atoms with Gasteiger partial charge in [-0.25, -0.2) is 4.79 Å². The third-order valence-electron chi connectivity index (χ3n) is 4.11. The van der Waals surface area contributed by atoms with Gasteiger partial charge in [0.2, 0.25) is 11.5 Å². The van der Waals surface area contributed by atoms with Crippen molar-refractivity contribution in [2.45, 2.75) is 32.7 Å². The number of halogens is 3. The van der Waals surface area contributed by atoms with Crippen LogP contribution in [0.15, 0.2) is 54.3 Å². The summed E-state index contributed by atoms with van der Waals surface area (Å²) in [6.07, 6.45) is 1.14. The fourth-order valence-electron chi connectivity index (χ4n) is 2.77. The first kappa shape index (κ1) is 21.5. The lowest BCUT2D eigenvalue weighted by Gasteiger charge is -2.22. The molecule has 0 radical (unpaired) electrons. The molecule has 8 heteroatoms. The second-order valence-corrected chi connectivity index (χ2v) is 8.22. The van der Waals surface area contributed by atoms with E-state index in [1.54, 1.807) is 49.1 Å². The molecule has 29 heavy (non-hydrogen) atoms. The van der Waals surface area contributed by atoms with Gasteiger partial charge in [0, 0.05) is 32.0 Å². The van der Waals surface area contributed by atoms with Crippen molar-refractivity contribution in [2.24, 2.45) is 0 Å². The molecule has 1 heterocycles. The van der Waals surface area contributed by atoms with Gasteiger partial charge < -0.3 is 14.4 Å². The minimum Gasteiger partial charge on any atom is -0.445 e. The summed E-state index contributed by atoms with van der Waals surface area (Å²) >= 11 is 18.0. The van der Waals surface area contributed by atoms with Gasteiger partial charge in [-0.05, 0) is 35.4 Å². The van der Waals surface area contributed by atoms with Crippen LogP contribution in [-0.4, -0.2) is 22.6 Å². The van der Waals surface area contributed by atoms with Gasteiger partial charge in [-0.2, -0.15) is 0 Å². The van der Waals surface area contributed by atoms with Crippen LogP contribution in [-0.2, 0) is 32.2 Å². The number of rotatable bonds is 5. The van der Waals surface area contributed by atoms with Crippen LogP contribution >= 0.6 is 34.8 Å². The highest BCUT2D eigenvalue weighted by Crippen LogP contribution is 2.27. The first-order chi connectivity index (χ1) is 13.6. The molecule has 0 atom stereocenters. The highest BCUT2D eigenvalue weighted by atomic mass is 35.5. The Morgan fingerprint density at radius 3 is 2.17 bits per heavy atom. The number of carbonyl (C=O) groups excluding carboxylic acids is 2. The second-order valence-electron chi connectivity index (χ2n) is 6.97. The lowest BCUT2D eigenvalue weighted by Crippen LogP contribution is -2.29. The van der Waals surface area contributed by atoms with Crippen LogP contribution in [0.2, 0.25) is 15.1 Å². The van der Waals surface area contributed by atoms with E-state index in [1.165, 1.54) is 0 Å². The summed E-state index contributed by atoms with van der Waals surface area (Å²) in [5.74, 6) is -2.32. The van der Waals surface area contributed by atoms with Gasteiger partial charge in [-0.3, -0.25) is 4.79 Å². The molecule has 1 fully saturated rings. The Hall–Kier alpha value is -2.21. The molecule has 1 saturated heterocycles. The summed E-state index contributed by atoms with van der Waals surface area (Å²) in [4.78, 5) is 26.5. The maximum absolute atomic E-state index is 13.0. The molecule has 2 aromatic rings. The summed E-state index contributed by atoms with van der Waals surface area (Å²) in [7, 11) is 0. The van der Waals surface area contributed by atoms with Gasteiger partial charge in [0.05, 0.1) is 16.1 Å². The van der Waals surface area contributed by atoms with E-state index in [4.69, 9.17) is 44.3 Å². The number of ether oxygens (including phenoxy) is 2. The third kappa shape index (κ3) is 5.66. The first-order valence-electron chi connectivity index (χ1n) is 8.74. The predicted molar refractivity (Wildman–Crippen MR) is 112 cm³/mol. The van der Waals surface area contributed by atoms with Crippen molar-refractivity contribution < 1.29 is 19.1 Å². The Kier molecular flexibility index (Phi) is 6.42. The van der Waals surface area contributed by atoms with Gasteiger partial charge in [0.15, 0.2) is 0 Å². The Morgan fingerprint density at radius 1 is 0.966 bits per heavy atom. The Balaban J connectivity index is 1.86. The molecular formula is C21H18Cl3NO4. The first-order valence-corrected chi connectivity index (χ1v) is 9.88. The second kappa shape index (κ2) is 8.66. The normalized spacial score (nSPS) is 16.4. The maximum atomic E-state index is 13.0. The largest absolute Gasteiger partial charge is 0.445 e. The summed E-state index contributed by atoms with van der Waals surface area (Å²) in [6.45, 7) is 3.73. The molecule has 152 valence electrons. The zero-order chi connectivity index (χ0) is 21.2. The monoisotopic (exact) mass is 453 g/mol. The van der Waals surface area contributed by atoms with Crippen LogP contribution in [0.3, 0.4) is 0 Å². The van der Waals surface area contributed by atoms with E-state index < -0.39 is 17.7 Å². The van der Waals surface area contributed by atoms with E-state index in [-0.39, 0.29) is 12.3 Å². The van der Waals surface area contributed by atoms with Crippen LogP contribution in [0.4, 0.5) is 0 Å². The highest BCUT2D eigenvalue weighted by molar-refractivity contribution is 6.42. The minimum absolute atomic E-state index is 0.129. The fourth-order valence-corrected chi connectivity index (χ4v) is 3.22. The fraction of sp³-hybridized carbons (Fsp3) is 0.238. The lowest BCUT2D eigenvalue weighted by atomic mass is 10.1. The summed E-state index contributed by atoms with van der Waals surface area (Å²) < 4.78 is 10.5. The van der Waals surface area contributed by atoms with E-state index in [2.05, 4.69) is 0 Å². The average molecular weight is 455 g/mol. The van der Waals surface area contributed by atoms with Crippen molar-refractivity contribution in [3.8, 4) is 0 Å². The quantitative estimate of drug-likeness (QED) is 0.450. The topological polar surface area (TPSA) is 55.8 Å². The van der Waals surface area contributed by atoms with Crippen molar-refractivity contribution in [3.63, 3.8) is 0 Å². The van der Waals surface area contributed by atoms with Crippen molar-refractivity contribution in [1.29, 1.82) is 0 Å². The van der Waals surface area contributed by atoms with E-state index in [1.807, 2.05) is 12.1 Å². The maximum Gasteiger partial charge on any atom is 0.377 e. The average Bonchev–Trinajstić information content (AvgIpc) is 2.90. The van der Waals surface area contributed by atoms with Crippen LogP contribution < -0.4 is 0 Å². The molecule has 0 aromatic heterocycles. The summed E-state index contributed by atoms with van der Waals surface area (Å²) in [5, 5.41) is 1.42. The molecule has 1 aliphatic rings. The van der Waals surface area contributed by atoms with Gasteiger partial charge in [-0.1, -0.05) is 53.0 Å². The summed E-state index contributed by atoms with van der Waals surface area (Å²) in [5.41, 5.74) is 1.66. The molecular weight excluding hydrogens is 437 g/mol. The van der Waals surface area contributed by atoms with Gasteiger partial charge >= 0.3 is 5.97 Å². The molecule has 3 rings (SSSR count). The van der Waals surface area contributed by atoms with Gasteiger partial charge in [-0.15, -0.1) is 0 Å². The van der Waals surface area contributed by atoms with E-state index in [0.29, 0.717) is 21.6 Å². The molecule has 1 aliphatic heterocycles. The van der Waals surface area contributed by atoms with Crippen LogP contribution in [0.5, 0.6) is 0 Å². The molecule has 5 nitrogen and oxygen atoms in total. The number of esters is 1. The lowest BCUT2D eigenvalue weighted by molar-refractivity contribution is -0.159.